The summed E-state index contributed by atoms with van der Waals surface area (Å²) in [6.07, 6.45) is 3.82. The number of ketones is 1. The van der Waals surface area contributed by atoms with Crippen LogP contribution in [0.4, 0.5) is 0 Å². The van der Waals surface area contributed by atoms with E-state index in [0.29, 0.717) is 0 Å². The molecule has 14 heavy (non-hydrogen) atoms. The summed E-state index contributed by atoms with van der Waals surface area (Å²) in [4.78, 5) is 25.7. The Bertz CT molecular complexity index is 410. The van der Waals surface area contributed by atoms with Crippen molar-refractivity contribution in [3.63, 3.8) is 0 Å². The fraction of sp³-hybridized carbons (Fsp3) is 0.111. The molecule has 0 bridgehead atoms. The van der Waals surface area contributed by atoms with Crippen LogP contribution >= 0.6 is 0 Å². The van der Waals surface area contributed by atoms with Crippen LogP contribution in [-0.2, 0) is 14.4 Å². The maximum absolute atomic E-state index is 11.0. The van der Waals surface area contributed by atoms with Crippen molar-refractivity contribution in [1.29, 1.82) is 5.26 Å². The molecule has 0 fully saturated rings. The Labute approximate surface area is 80.0 Å². The van der Waals surface area contributed by atoms with Gasteiger partial charge in [-0.2, -0.15) is 5.26 Å². The molecule has 0 heterocycles. The van der Waals surface area contributed by atoms with E-state index in [1.54, 1.807) is 6.07 Å². The highest BCUT2D eigenvalue weighted by Gasteiger charge is 2.11. The second-order valence-corrected chi connectivity index (χ2v) is 2.47. The van der Waals surface area contributed by atoms with E-state index in [4.69, 9.17) is 5.26 Å². The number of nitriles is 1. The highest BCUT2D eigenvalue weighted by Crippen LogP contribution is 2.05. The maximum atomic E-state index is 11.0. The lowest BCUT2D eigenvalue weighted by molar-refractivity contribution is -0.140. The zero-order chi connectivity index (χ0) is 10.6. The molecule has 0 radical (unpaired) electrons. The molecular weight excluding hydrogens is 184 g/mol. The molecule has 0 atom stereocenters. The van der Waals surface area contributed by atoms with Crippen LogP contribution in [0.2, 0.25) is 0 Å². The molecule has 0 saturated carbocycles. The quantitative estimate of drug-likeness (QED) is 0.342. The van der Waals surface area contributed by atoms with Gasteiger partial charge in [0.15, 0.2) is 5.78 Å². The molecule has 1 aliphatic rings. The molecule has 0 N–H and O–H groups in total. The van der Waals surface area contributed by atoms with Crippen molar-refractivity contribution in [3.8, 4) is 6.07 Å². The number of rotatable bonds is 1. The maximum Gasteiger partial charge on any atom is 0.331 e. The Hall–Kier alpha value is -2.22. The summed E-state index contributed by atoms with van der Waals surface area (Å²) in [6.45, 7) is 1.21. The number of carbonyl (C=O) groups is 2. The Balaban J connectivity index is 2.85. The first kappa shape index (κ1) is 9.86. The normalized spacial score (nSPS) is 17.6. The standard InChI is InChI=1S/C9H6N2O3/c1-6(12)14-11-8-2-3-9(13)7(4-8)5-10/h2-4H,1H3/b11-8+. The van der Waals surface area contributed by atoms with Gasteiger partial charge in [-0.25, -0.2) is 4.79 Å². The molecule has 0 spiro atoms. The van der Waals surface area contributed by atoms with Crippen LogP contribution in [-0.4, -0.2) is 17.5 Å². The third-order valence-corrected chi connectivity index (χ3v) is 1.36. The van der Waals surface area contributed by atoms with Gasteiger partial charge in [-0.3, -0.25) is 4.79 Å². The van der Waals surface area contributed by atoms with E-state index in [2.05, 4.69) is 9.99 Å². The van der Waals surface area contributed by atoms with Crippen LogP contribution in [0.25, 0.3) is 0 Å². The van der Waals surface area contributed by atoms with E-state index in [1.807, 2.05) is 0 Å². The van der Waals surface area contributed by atoms with Crippen molar-refractivity contribution in [2.45, 2.75) is 6.92 Å². The van der Waals surface area contributed by atoms with Crippen molar-refractivity contribution in [3.05, 3.63) is 23.8 Å². The SMILES string of the molecule is CC(=O)O/N=C1\C=CC(=O)C(C#N)=C1. The van der Waals surface area contributed by atoms with E-state index in [-0.39, 0.29) is 17.1 Å². The van der Waals surface area contributed by atoms with Crippen molar-refractivity contribution >= 4 is 17.5 Å². The molecule has 0 saturated heterocycles. The van der Waals surface area contributed by atoms with Crippen LogP contribution in [0, 0.1) is 11.3 Å². The average molecular weight is 190 g/mol. The summed E-state index contributed by atoms with van der Waals surface area (Å²) in [5.41, 5.74) is 0.231. The minimum atomic E-state index is -0.560. The van der Waals surface area contributed by atoms with Gasteiger partial charge in [0, 0.05) is 6.92 Å². The van der Waals surface area contributed by atoms with Gasteiger partial charge in [0.05, 0.1) is 0 Å². The van der Waals surface area contributed by atoms with Gasteiger partial charge in [0.25, 0.3) is 0 Å². The molecule has 0 amide bonds. The predicted molar refractivity (Wildman–Crippen MR) is 47.0 cm³/mol. The first-order chi connectivity index (χ1) is 6.63. The lowest BCUT2D eigenvalue weighted by atomic mass is 10.1. The molecule has 0 aromatic carbocycles. The van der Waals surface area contributed by atoms with Gasteiger partial charge in [-0.15, -0.1) is 0 Å². The average Bonchev–Trinajstić information content (AvgIpc) is 2.16. The van der Waals surface area contributed by atoms with Gasteiger partial charge < -0.3 is 4.84 Å². The topological polar surface area (TPSA) is 79.5 Å². The first-order valence-corrected chi connectivity index (χ1v) is 3.73. The Kier molecular flexibility index (Phi) is 2.92. The fourth-order valence-corrected chi connectivity index (χ4v) is 0.779. The number of allylic oxidation sites excluding steroid dienone is 4. The molecule has 1 aliphatic carbocycles. The smallest absolute Gasteiger partial charge is 0.318 e. The predicted octanol–water partition coefficient (Wildman–Crippen LogP) is 0.494. The molecule has 0 aromatic heterocycles. The monoisotopic (exact) mass is 190 g/mol. The lowest BCUT2D eigenvalue weighted by Crippen LogP contribution is -2.07. The summed E-state index contributed by atoms with van der Waals surface area (Å²) in [7, 11) is 0. The minimum absolute atomic E-state index is 0.0293. The van der Waals surface area contributed by atoms with Crippen molar-refractivity contribution < 1.29 is 14.4 Å². The van der Waals surface area contributed by atoms with Gasteiger partial charge in [0.1, 0.15) is 17.4 Å². The molecule has 0 unspecified atom stereocenters. The highest BCUT2D eigenvalue weighted by atomic mass is 16.7. The van der Waals surface area contributed by atoms with Crippen molar-refractivity contribution in [1.82, 2.24) is 0 Å². The molecule has 5 heteroatoms. The molecule has 1 rings (SSSR count). The zero-order valence-corrected chi connectivity index (χ0v) is 7.35. The highest BCUT2D eigenvalue weighted by molar-refractivity contribution is 6.20. The molecule has 0 aliphatic heterocycles. The third-order valence-electron chi connectivity index (χ3n) is 1.36. The van der Waals surface area contributed by atoms with E-state index >= 15 is 0 Å². The number of hydrogen-bond donors (Lipinski definition) is 0. The fourth-order valence-electron chi connectivity index (χ4n) is 0.779. The van der Waals surface area contributed by atoms with Crippen molar-refractivity contribution in [2.75, 3.05) is 0 Å². The van der Waals surface area contributed by atoms with Gasteiger partial charge in [-0.05, 0) is 18.2 Å². The molecule has 70 valence electrons. The molecular formula is C9H6N2O3. The zero-order valence-electron chi connectivity index (χ0n) is 7.35. The van der Waals surface area contributed by atoms with Crippen LogP contribution in [0.1, 0.15) is 6.92 Å². The third kappa shape index (κ3) is 2.38. The van der Waals surface area contributed by atoms with Crippen LogP contribution in [0.3, 0.4) is 0 Å². The summed E-state index contributed by atoms with van der Waals surface area (Å²) >= 11 is 0. The number of nitrogens with zero attached hydrogens (tertiary/aromatic N) is 2. The summed E-state index contributed by atoms with van der Waals surface area (Å²) in [6, 6.07) is 1.71. The van der Waals surface area contributed by atoms with Gasteiger partial charge >= 0.3 is 5.97 Å². The van der Waals surface area contributed by atoms with Gasteiger partial charge in [0.2, 0.25) is 0 Å². The molecule has 0 aromatic rings. The Morgan fingerprint density at radius 3 is 2.86 bits per heavy atom. The summed E-state index contributed by atoms with van der Waals surface area (Å²) in [5.74, 6) is -0.941. The Morgan fingerprint density at radius 2 is 2.29 bits per heavy atom. The van der Waals surface area contributed by atoms with Crippen LogP contribution in [0.15, 0.2) is 29.0 Å². The second kappa shape index (κ2) is 4.14. The lowest BCUT2D eigenvalue weighted by Gasteiger charge is -2.00. The number of hydrogen-bond acceptors (Lipinski definition) is 5. The van der Waals surface area contributed by atoms with E-state index in [1.165, 1.54) is 25.2 Å². The number of oxime groups is 1. The van der Waals surface area contributed by atoms with Crippen molar-refractivity contribution in [2.24, 2.45) is 5.16 Å². The van der Waals surface area contributed by atoms with E-state index < -0.39 is 5.97 Å². The largest absolute Gasteiger partial charge is 0.331 e. The first-order valence-electron chi connectivity index (χ1n) is 3.73. The van der Waals surface area contributed by atoms with E-state index in [9.17, 15) is 9.59 Å². The Morgan fingerprint density at radius 1 is 1.57 bits per heavy atom. The van der Waals surface area contributed by atoms with Crippen LogP contribution < -0.4 is 0 Å². The minimum Gasteiger partial charge on any atom is -0.318 e. The van der Waals surface area contributed by atoms with Gasteiger partial charge in [-0.1, -0.05) is 5.16 Å². The summed E-state index contributed by atoms with van der Waals surface area (Å²) in [5, 5.41) is 11.9. The summed E-state index contributed by atoms with van der Waals surface area (Å²) < 4.78 is 0. The van der Waals surface area contributed by atoms with E-state index in [0.717, 1.165) is 0 Å². The second-order valence-electron chi connectivity index (χ2n) is 2.47. The van der Waals surface area contributed by atoms with Crippen LogP contribution in [0.5, 0.6) is 0 Å². The molecule has 5 nitrogen and oxygen atoms in total. The number of carbonyl (C=O) groups excluding carboxylic acids is 2.